The van der Waals surface area contributed by atoms with Crippen LogP contribution in [0.5, 0.6) is 0 Å². The molecule has 2 rings (SSSR count). The van der Waals surface area contributed by atoms with Gasteiger partial charge in [0.15, 0.2) is 0 Å². The van der Waals surface area contributed by atoms with Gasteiger partial charge in [-0.3, -0.25) is 0 Å². The molecular weight excluding hydrogens is 261 g/mol. The lowest BCUT2D eigenvalue weighted by Crippen LogP contribution is -2.37. The van der Waals surface area contributed by atoms with Gasteiger partial charge in [-0.2, -0.15) is 0 Å². The van der Waals surface area contributed by atoms with Gasteiger partial charge in [0.2, 0.25) is 0 Å². The minimum absolute atomic E-state index is 0.158. The third-order valence-electron chi connectivity index (χ3n) is 4.34. The molecule has 3 atom stereocenters. The van der Waals surface area contributed by atoms with Crippen molar-refractivity contribution in [3.8, 4) is 0 Å². The van der Waals surface area contributed by atoms with Crippen LogP contribution >= 0.6 is 11.6 Å². The quantitative estimate of drug-likeness (QED) is 0.861. The standard InChI is InChI=1S/C16H23ClFN/c1-2-3-11-4-7-16(19)13(8-11)9-12-10-14(17)5-6-15(12)18/h5-6,10-11,13,16H,2-4,7-9,19H2,1H3. The smallest absolute Gasteiger partial charge is 0.126 e. The molecule has 3 heteroatoms. The molecule has 0 bridgehead atoms. The first-order chi connectivity index (χ1) is 9.10. The summed E-state index contributed by atoms with van der Waals surface area (Å²) in [5.41, 5.74) is 6.93. The van der Waals surface area contributed by atoms with Crippen LogP contribution in [-0.4, -0.2) is 6.04 Å². The third kappa shape index (κ3) is 3.93. The van der Waals surface area contributed by atoms with Crippen molar-refractivity contribution in [2.75, 3.05) is 0 Å². The summed E-state index contributed by atoms with van der Waals surface area (Å²) in [7, 11) is 0. The molecule has 19 heavy (non-hydrogen) atoms. The van der Waals surface area contributed by atoms with Gasteiger partial charge in [-0.15, -0.1) is 0 Å². The third-order valence-corrected chi connectivity index (χ3v) is 4.57. The molecule has 0 saturated heterocycles. The van der Waals surface area contributed by atoms with Gasteiger partial charge in [-0.25, -0.2) is 4.39 Å². The molecule has 1 aromatic carbocycles. The second-order valence-electron chi connectivity index (χ2n) is 5.83. The van der Waals surface area contributed by atoms with E-state index in [2.05, 4.69) is 6.92 Å². The van der Waals surface area contributed by atoms with E-state index in [1.54, 1.807) is 12.1 Å². The van der Waals surface area contributed by atoms with E-state index in [1.807, 2.05) is 0 Å². The monoisotopic (exact) mass is 283 g/mol. The van der Waals surface area contributed by atoms with Crippen molar-refractivity contribution in [2.45, 2.75) is 51.5 Å². The Hall–Kier alpha value is -0.600. The van der Waals surface area contributed by atoms with E-state index in [-0.39, 0.29) is 11.9 Å². The normalized spacial score (nSPS) is 27.5. The van der Waals surface area contributed by atoms with Crippen LogP contribution in [0.2, 0.25) is 5.02 Å². The van der Waals surface area contributed by atoms with E-state index in [9.17, 15) is 4.39 Å². The van der Waals surface area contributed by atoms with E-state index < -0.39 is 0 Å². The van der Waals surface area contributed by atoms with E-state index >= 15 is 0 Å². The minimum atomic E-state index is -0.158. The summed E-state index contributed by atoms with van der Waals surface area (Å²) in [6.45, 7) is 2.22. The van der Waals surface area contributed by atoms with Crippen molar-refractivity contribution in [1.29, 1.82) is 0 Å². The van der Waals surface area contributed by atoms with Crippen molar-refractivity contribution < 1.29 is 4.39 Å². The van der Waals surface area contributed by atoms with Gasteiger partial charge in [0.25, 0.3) is 0 Å². The average Bonchev–Trinajstić information content (AvgIpc) is 2.38. The fourth-order valence-electron chi connectivity index (χ4n) is 3.27. The highest BCUT2D eigenvalue weighted by Gasteiger charge is 2.28. The molecule has 1 fully saturated rings. The summed E-state index contributed by atoms with van der Waals surface area (Å²) in [4.78, 5) is 0. The van der Waals surface area contributed by atoms with Gasteiger partial charge in [-0.05, 0) is 61.3 Å². The van der Waals surface area contributed by atoms with Crippen LogP contribution in [0.25, 0.3) is 0 Å². The molecule has 1 saturated carbocycles. The fourth-order valence-corrected chi connectivity index (χ4v) is 3.47. The van der Waals surface area contributed by atoms with Crippen molar-refractivity contribution in [1.82, 2.24) is 0 Å². The molecular formula is C16H23ClFN. The Kier molecular flexibility index (Phi) is 5.23. The molecule has 0 amide bonds. The van der Waals surface area contributed by atoms with Gasteiger partial charge >= 0.3 is 0 Å². The zero-order chi connectivity index (χ0) is 13.8. The largest absolute Gasteiger partial charge is 0.327 e. The molecule has 106 valence electrons. The molecule has 0 heterocycles. The molecule has 1 aliphatic rings. The Morgan fingerprint density at radius 2 is 2.16 bits per heavy atom. The fraction of sp³-hybridized carbons (Fsp3) is 0.625. The lowest BCUT2D eigenvalue weighted by atomic mass is 9.74. The summed E-state index contributed by atoms with van der Waals surface area (Å²) in [5, 5.41) is 0.603. The Morgan fingerprint density at radius 1 is 1.37 bits per heavy atom. The highest BCUT2D eigenvalue weighted by molar-refractivity contribution is 6.30. The molecule has 3 unspecified atom stereocenters. The summed E-state index contributed by atoms with van der Waals surface area (Å²) >= 11 is 5.95. The second-order valence-corrected chi connectivity index (χ2v) is 6.27. The van der Waals surface area contributed by atoms with Gasteiger partial charge in [-0.1, -0.05) is 31.4 Å². The first-order valence-electron chi connectivity index (χ1n) is 7.29. The Morgan fingerprint density at radius 3 is 2.89 bits per heavy atom. The van der Waals surface area contributed by atoms with Crippen LogP contribution in [-0.2, 0) is 6.42 Å². The molecule has 2 N–H and O–H groups in total. The van der Waals surface area contributed by atoms with Gasteiger partial charge in [0, 0.05) is 11.1 Å². The lowest BCUT2D eigenvalue weighted by molar-refractivity contribution is 0.220. The summed E-state index contributed by atoms with van der Waals surface area (Å²) in [6, 6.07) is 5.00. The second kappa shape index (κ2) is 6.71. The van der Waals surface area contributed by atoms with Crippen LogP contribution < -0.4 is 5.73 Å². The van der Waals surface area contributed by atoms with Crippen LogP contribution in [0.3, 0.4) is 0 Å². The van der Waals surface area contributed by atoms with E-state index in [0.29, 0.717) is 22.9 Å². The van der Waals surface area contributed by atoms with Crippen LogP contribution in [0.15, 0.2) is 18.2 Å². The maximum absolute atomic E-state index is 13.8. The minimum Gasteiger partial charge on any atom is -0.327 e. The molecule has 1 aliphatic carbocycles. The topological polar surface area (TPSA) is 26.0 Å². The highest BCUT2D eigenvalue weighted by Crippen LogP contribution is 2.34. The van der Waals surface area contributed by atoms with Crippen molar-refractivity contribution in [2.24, 2.45) is 17.6 Å². The molecule has 0 radical (unpaired) electrons. The predicted molar refractivity (Wildman–Crippen MR) is 78.8 cm³/mol. The number of benzene rings is 1. The van der Waals surface area contributed by atoms with Crippen LogP contribution in [0, 0.1) is 17.7 Å². The maximum atomic E-state index is 13.8. The first-order valence-corrected chi connectivity index (χ1v) is 7.67. The Bertz CT molecular complexity index is 421. The predicted octanol–water partition coefficient (Wildman–Crippen LogP) is 4.57. The summed E-state index contributed by atoms with van der Waals surface area (Å²) in [6.07, 6.45) is 6.62. The molecule has 1 nitrogen and oxygen atoms in total. The number of rotatable bonds is 4. The number of halogens is 2. The highest BCUT2D eigenvalue weighted by atomic mass is 35.5. The number of hydrogen-bond acceptors (Lipinski definition) is 1. The van der Waals surface area contributed by atoms with Gasteiger partial charge in [0.05, 0.1) is 0 Å². The van der Waals surface area contributed by atoms with E-state index in [4.69, 9.17) is 17.3 Å². The maximum Gasteiger partial charge on any atom is 0.126 e. The molecule has 0 aliphatic heterocycles. The molecule has 1 aromatic rings. The number of nitrogens with two attached hydrogens (primary N) is 1. The zero-order valence-electron chi connectivity index (χ0n) is 11.5. The lowest BCUT2D eigenvalue weighted by Gasteiger charge is -2.34. The van der Waals surface area contributed by atoms with Gasteiger partial charge in [0.1, 0.15) is 5.82 Å². The molecule has 0 spiro atoms. The summed E-state index contributed by atoms with van der Waals surface area (Å²) < 4.78 is 13.8. The van der Waals surface area contributed by atoms with E-state index in [1.165, 1.54) is 25.3 Å². The Labute approximate surface area is 120 Å². The summed E-state index contributed by atoms with van der Waals surface area (Å²) in [5.74, 6) is 0.990. The average molecular weight is 284 g/mol. The van der Waals surface area contributed by atoms with Gasteiger partial charge < -0.3 is 5.73 Å². The van der Waals surface area contributed by atoms with Crippen molar-refractivity contribution >= 4 is 11.6 Å². The zero-order valence-corrected chi connectivity index (χ0v) is 12.3. The van der Waals surface area contributed by atoms with Crippen molar-refractivity contribution in [3.63, 3.8) is 0 Å². The van der Waals surface area contributed by atoms with E-state index in [0.717, 1.165) is 18.8 Å². The number of hydrogen-bond donors (Lipinski definition) is 1. The van der Waals surface area contributed by atoms with Crippen LogP contribution in [0.1, 0.15) is 44.6 Å². The SMILES string of the molecule is CCCC1CCC(N)C(Cc2cc(Cl)ccc2F)C1. The van der Waals surface area contributed by atoms with Crippen LogP contribution in [0.4, 0.5) is 4.39 Å². The first kappa shape index (κ1) is 14.8. The Balaban J connectivity index is 2.05. The molecule has 0 aromatic heterocycles. The van der Waals surface area contributed by atoms with Crippen molar-refractivity contribution in [3.05, 3.63) is 34.6 Å².